The molecule has 1 aliphatic carbocycles. The standard InChI is InChI=1S/C14H19ClO3/c1-3-8-17-14-12(15)9-13(14)18-11-6-4-10(16-2)5-7-11/h4-7,12-14H,3,8-9H2,1-2H3. The molecule has 1 aromatic rings. The van der Waals surface area contributed by atoms with Crippen LogP contribution in [0, 0.1) is 0 Å². The minimum atomic E-state index is 0.00807. The van der Waals surface area contributed by atoms with Gasteiger partial charge in [0.2, 0.25) is 0 Å². The van der Waals surface area contributed by atoms with Crippen molar-refractivity contribution >= 4 is 11.6 Å². The second-order valence-corrected chi connectivity index (χ2v) is 4.98. The van der Waals surface area contributed by atoms with Crippen molar-refractivity contribution in [3.05, 3.63) is 24.3 Å². The van der Waals surface area contributed by atoms with E-state index < -0.39 is 0 Å². The molecule has 0 radical (unpaired) electrons. The number of hydrogen-bond acceptors (Lipinski definition) is 3. The lowest BCUT2D eigenvalue weighted by Crippen LogP contribution is -2.52. The minimum absolute atomic E-state index is 0.00807. The topological polar surface area (TPSA) is 27.7 Å². The predicted octanol–water partition coefficient (Wildman–Crippen LogP) is 3.25. The third kappa shape index (κ3) is 3.09. The van der Waals surface area contributed by atoms with Gasteiger partial charge in [-0.3, -0.25) is 0 Å². The molecule has 1 fully saturated rings. The summed E-state index contributed by atoms with van der Waals surface area (Å²) in [4.78, 5) is 0. The molecule has 18 heavy (non-hydrogen) atoms. The molecule has 100 valence electrons. The molecule has 0 aromatic heterocycles. The third-order valence-electron chi connectivity index (χ3n) is 3.04. The number of alkyl halides is 1. The first-order chi connectivity index (χ1) is 8.74. The maximum atomic E-state index is 6.13. The van der Waals surface area contributed by atoms with E-state index in [4.69, 9.17) is 25.8 Å². The molecule has 3 atom stereocenters. The minimum Gasteiger partial charge on any atom is -0.497 e. The Bertz CT molecular complexity index is 366. The summed E-state index contributed by atoms with van der Waals surface area (Å²) < 4.78 is 16.7. The molecule has 1 aromatic carbocycles. The SMILES string of the molecule is CCCOC1C(Cl)CC1Oc1ccc(OC)cc1. The smallest absolute Gasteiger partial charge is 0.128 e. The van der Waals surface area contributed by atoms with Crippen molar-refractivity contribution in [3.63, 3.8) is 0 Å². The zero-order chi connectivity index (χ0) is 13.0. The third-order valence-corrected chi connectivity index (χ3v) is 3.47. The van der Waals surface area contributed by atoms with Crippen molar-refractivity contribution in [2.45, 2.75) is 37.4 Å². The molecule has 4 heteroatoms. The molecule has 0 aliphatic heterocycles. The predicted molar refractivity (Wildman–Crippen MR) is 71.7 cm³/mol. The summed E-state index contributed by atoms with van der Waals surface area (Å²) in [5.74, 6) is 1.65. The van der Waals surface area contributed by atoms with E-state index in [0.29, 0.717) is 0 Å². The maximum Gasteiger partial charge on any atom is 0.128 e. The molecule has 1 aliphatic rings. The summed E-state index contributed by atoms with van der Waals surface area (Å²) in [6.07, 6.45) is 1.90. The van der Waals surface area contributed by atoms with Crippen LogP contribution in [-0.2, 0) is 4.74 Å². The van der Waals surface area contributed by atoms with Crippen LogP contribution in [0.4, 0.5) is 0 Å². The van der Waals surface area contributed by atoms with Crippen LogP contribution < -0.4 is 9.47 Å². The molecule has 3 unspecified atom stereocenters. The lowest BCUT2D eigenvalue weighted by Gasteiger charge is -2.40. The van der Waals surface area contributed by atoms with E-state index in [9.17, 15) is 0 Å². The highest BCUT2D eigenvalue weighted by Gasteiger charge is 2.42. The summed E-state index contributed by atoms with van der Waals surface area (Å²) in [6, 6.07) is 7.57. The first kappa shape index (κ1) is 13.5. The van der Waals surface area contributed by atoms with Crippen LogP contribution in [0.2, 0.25) is 0 Å². The molecular formula is C14H19ClO3. The van der Waals surface area contributed by atoms with Gasteiger partial charge in [-0.2, -0.15) is 0 Å². The zero-order valence-electron chi connectivity index (χ0n) is 10.8. The molecule has 3 nitrogen and oxygen atoms in total. The molecular weight excluding hydrogens is 252 g/mol. The van der Waals surface area contributed by atoms with Crippen molar-refractivity contribution in [2.75, 3.05) is 13.7 Å². The van der Waals surface area contributed by atoms with Gasteiger partial charge in [-0.25, -0.2) is 0 Å². The Hall–Kier alpha value is -0.930. The van der Waals surface area contributed by atoms with E-state index in [2.05, 4.69) is 6.92 Å². The molecule has 0 amide bonds. The Labute approximate surface area is 113 Å². The Kier molecular flexibility index (Phi) is 4.72. The number of ether oxygens (including phenoxy) is 3. The van der Waals surface area contributed by atoms with Crippen molar-refractivity contribution in [1.82, 2.24) is 0 Å². The number of halogens is 1. The van der Waals surface area contributed by atoms with Crippen LogP contribution in [0.15, 0.2) is 24.3 Å². The highest BCUT2D eigenvalue weighted by molar-refractivity contribution is 6.21. The van der Waals surface area contributed by atoms with Crippen molar-refractivity contribution in [3.8, 4) is 11.5 Å². The van der Waals surface area contributed by atoms with E-state index in [1.54, 1.807) is 7.11 Å². The van der Waals surface area contributed by atoms with Crippen molar-refractivity contribution < 1.29 is 14.2 Å². The summed E-state index contributed by atoms with van der Waals surface area (Å²) in [7, 11) is 1.65. The zero-order valence-corrected chi connectivity index (χ0v) is 11.5. The van der Waals surface area contributed by atoms with Crippen molar-refractivity contribution in [2.24, 2.45) is 0 Å². The Morgan fingerprint density at radius 2 is 1.89 bits per heavy atom. The van der Waals surface area contributed by atoms with E-state index in [1.165, 1.54) is 0 Å². The van der Waals surface area contributed by atoms with Gasteiger partial charge in [0.1, 0.15) is 23.7 Å². The Morgan fingerprint density at radius 1 is 1.22 bits per heavy atom. The lowest BCUT2D eigenvalue weighted by atomic mass is 9.91. The maximum absolute atomic E-state index is 6.13. The van der Waals surface area contributed by atoms with Gasteiger partial charge in [0.25, 0.3) is 0 Å². The van der Waals surface area contributed by atoms with E-state index in [1.807, 2.05) is 24.3 Å². The Balaban J connectivity index is 1.88. The average Bonchev–Trinajstić information content (AvgIpc) is 2.39. The first-order valence-electron chi connectivity index (χ1n) is 6.31. The number of methoxy groups -OCH3 is 1. The normalized spacial score (nSPS) is 26.5. The summed E-state index contributed by atoms with van der Waals surface area (Å²) in [6.45, 7) is 2.82. The molecule has 1 saturated carbocycles. The monoisotopic (exact) mass is 270 g/mol. The number of hydrogen-bond donors (Lipinski definition) is 0. The quantitative estimate of drug-likeness (QED) is 0.743. The van der Waals surface area contributed by atoms with Crippen LogP contribution in [0.3, 0.4) is 0 Å². The second-order valence-electron chi connectivity index (χ2n) is 4.42. The van der Waals surface area contributed by atoms with Crippen LogP contribution in [0.1, 0.15) is 19.8 Å². The first-order valence-corrected chi connectivity index (χ1v) is 6.74. The Morgan fingerprint density at radius 3 is 2.44 bits per heavy atom. The lowest BCUT2D eigenvalue weighted by molar-refractivity contribution is -0.0797. The average molecular weight is 271 g/mol. The molecule has 0 saturated heterocycles. The fourth-order valence-corrected chi connectivity index (χ4v) is 2.35. The number of benzene rings is 1. The highest BCUT2D eigenvalue weighted by Crippen LogP contribution is 2.33. The van der Waals surface area contributed by atoms with Crippen molar-refractivity contribution in [1.29, 1.82) is 0 Å². The highest BCUT2D eigenvalue weighted by atomic mass is 35.5. The van der Waals surface area contributed by atoms with Gasteiger partial charge < -0.3 is 14.2 Å². The molecule has 0 N–H and O–H groups in total. The second kappa shape index (κ2) is 6.30. The van der Waals surface area contributed by atoms with Crippen LogP contribution in [-0.4, -0.2) is 31.3 Å². The van der Waals surface area contributed by atoms with Gasteiger partial charge >= 0.3 is 0 Å². The van der Waals surface area contributed by atoms with Crippen LogP contribution >= 0.6 is 11.6 Å². The summed E-state index contributed by atoms with van der Waals surface area (Å²) in [5, 5.41) is 0.0693. The summed E-state index contributed by atoms with van der Waals surface area (Å²) in [5.41, 5.74) is 0. The van der Waals surface area contributed by atoms with Gasteiger partial charge in [-0.15, -0.1) is 11.6 Å². The van der Waals surface area contributed by atoms with Gasteiger partial charge in [0, 0.05) is 13.0 Å². The van der Waals surface area contributed by atoms with Gasteiger partial charge in [-0.1, -0.05) is 6.92 Å². The molecule has 2 rings (SSSR count). The fourth-order valence-electron chi connectivity index (χ4n) is 1.94. The molecule has 0 bridgehead atoms. The van der Waals surface area contributed by atoms with E-state index >= 15 is 0 Å². The fraction of sp³-hybridized carbons (Fsp3) is 0.571. The largest absolute Gasteiger partial charge is 0.497 e. The molecule has 0 spiro atoms. The van der Waals surface area contributed by atoms with E-state index in [-0.39, 0.29) is 17.6 Å². The number of rotatable bonds is 6. The van der Waals surface area contributed by atoms with Crippen LogP contribution in [0.5, 0.6) is 11.5 Å². The van der Waals surface area contributed by atoms with Gasteiger partial charge in [0.05, 0.1) is 12.5 Å². The van der Waals surface area contributed by atoms with Gasteiger partial charge in [0.15, 0.2) is 0 Å². The van der Waals surface area contributed by atoms with Gasteiger partial charge in [-0.05, 0) is 30.7 Å². The van der Waals surface area contributed by atoms with Crippen LogP contribution in [0.25, 0.3) is 0 Å². The van der Waals surface area contributed by atoms with E-state index in [0.717, 1.165) is 30.9 Å². The molecule has 0 heterocycles. The summed E-state index contributed by atoms with van der Waals surface area (Å²) >= 11 is 6.13.